The molecule has 5 nitrogen and oxygen atoms in total. The molecule has 3 aromatic rings. The molecule has 0 atom stereocenters. The summed E-state index contributed by atoms with van der Waals surface area (Å²) in [5, 5.41) is 0. The largest absolute Gasteiger partial charge is 0.335 e. The fraction of sp³-hybridized carbons (Fsp3) is 0.286. The van der Waals surface area contributed by atoms with Crippen molar-refractivity contribution >= 4 is 11.0 Å². The molecular formula is C14H16N4O. The average Bonchev–Trinajstić information content (AvgIpc) is 2.94. The molecule has 0 radical (unpaired) electrons. The van der Waals surface area contributed by atoms with E-state index in [9.17, 15) is 4.79 Å². The molecule has 0 saturated carbocycles. The number of rotatable bonds is 4. The number of aromatic nitrogens is 4. The Morgan fingerprint density at radius 2 is 2.11 bits per heavy atom. The Morgan fingerprint density at radius 3 is 2.89 bits per heavy atom. The number of nitrogens with one attached hydrogen (secondary N) is 1. The maximum absolute atomic E-state index is 11.9. The molecule has 98 valence electrons. The Bertz CT molecular complexity index is 750. The van der Waals surface area contributed by atoms with Gasteiger partial charge >= 0.3 is 5.69 Å². The second-order valence-electron chi connectivity index (χ2n) is 4.62. The van der Waals surface area contributed by atoms with E-state index in [-0.39, 0.29) is 5.69 Å². The van der Waals surface area contributed by atoms with Crippen molar-refractivity contribution in [2.45, 2.75) is 26.4 Å². The molecule has 0 unspecified atom stereocenters. The summed E-state index contributed by atoms with van der Waals surface area (Å²) in [6.07, 6.45) is 4.67. The third-order valence-corrected chi connectivity index (χ3v) is 3.39. The Kier molecular flexibility index (Phi) is 2.95. The van der Waals surface area contributed by atoms with E-state index in [1.807, 2.05) is 37.4 Å². The summed E-state index contributed by atoms with van der Waals surface area (Å²) >= 11 is 0. The zero-order valence-corrected chi connectivity index (χ0v) is 10.8. The lowest BCUT2D eigenvalue weighted by Crippen LogP contribution is -2.17. The molecule has 0 aliphatic rings. The van der Waals surface area contributed by atoms with Crippen LogP contribution in [0.15, 0.2) is 41.5 Å². The average molecular weight is 256 g/mol. The lowest BCUT2D eigenvalue weighted by Gasteiger charge is -2.06. The molecule has 1 N–H and O–H groups in total. The van der Waals surface area contributed by atoms with Gasteiger partial charge in [-0.05, 0) is 25.5 Å². The van der Waals surface area contributed by atoms with E-state index >= 15 is 0 Å². The molecule has 2 heterocycles. The monoisotopic (exact) mass is 256 g/mol. The van der Waals surface area contributed by atoms with Gasteiger partial charge in [0.2, 0.25) is 0 Å². The van der Waals surface area contributed by atoms with Crippen molar-refractivity contribution in [2.24, 2.45) is 0 Å². The molecule has 2 aromatic heterocycles. The number of aromatic amines is 1. The minimum Gasteiger partial charge on any atom is -0.335 e. The lowest BCUT2D eigenvalue weighted by atomic mass is 10.3. The van der Waals surface area contributed by atoms with Crippen LogP contribution < -0.4 is 5.69 Å². The number of hydrogen-bond acceptors (Lipinski definition) is 2. The minimum absolute atomic E-state index is 0.0384. The fourth-order valence-electron chi connectivity index (χ4n) is 2.37. The number of nitrogens with zero attached hydrogens (tertiary/aromatic N) is 3. The van der Waals surface area contributed by atoms with Crippen molar-refractivity contribution in [1.82, 2.24) is 19.1 Å². The lowest BCUT2D eigenvalue weighted by molar-refractivity contribution is 0.554. The van der Waals surface area contributed by atoms with Crippen LogP contribution in [0.25, 0.3) is 11.0 Å². The van der Waals surface area contributed by atoms with Gasteiger partial charge in [0.05, 0.1) is 11.0 Å². The van der Waals surface area contributed by atoms with Gasteiger partial charge < -0.3 is 9.55 Å². The van der Waals surface area contributed by atoms with Crippen LogP contribution in [0.2, 0.25) is 0 Å². The van der Waals surface area contributed by atoms with Gasteiger partial charge in [0.25, 0.3) is 0 Å². The minimum atomic E-state index is -0.0384. The first-order valence-electron chi connectivity index (χ1n) is 6.41. The normalized spacial score (nSPS) is 11.2. The first-order valence-corrected chi connectivity index (χ1v) is 6.41. The van der Waals surface area contributed by atoms with Gasteiger partial charge in [-0.15, -0.1) is 0 Å². The highest BCUT2D eigenvalue weighted by Gasteiger charge is 2.05. The van der Waals surface area contributed by atoms with Crippen LogP contribution in [0.5, 0.6) is 0 Å². The van der Waals surface area contributed by atoms with Crippen molar-refractivity contribution in [3.8, 4) is 0 Å². The zero-order chi connectivity index (χ0) is 13.2. The molecular weight excluding hydrogens is 240 g/mol. The molecule has 0 amide bonds. The summed E-state index contributed by atoms with van der Waals surface area (Å²) in [5.41, 5.74) is 1.82. The highest BCUT2D eigenvalue weighted by Crippen LogP contribution is 2.09. The smallest absolute Gasteiger partial charge is 0.326 e. The van der Waals surface area contributed by atoms with Crippen LogP contribution in [0.1, 0.15) is 12.2 Å². The van der Waals surface area contributed by atoms with Crippen LogP contribution in [0.3, 0.4) is 0 Å². The van der Waals surface area contributed by atoms with Crippen molar-refractivity contribution in [1.29, 1.82) is 0 Å². The van der Waals surface area contributed by atoms with E-state index in [2.05, 4.69) is 14.5 Å². The maximum atomic E-state index is 11.9. The molecule has 0 aliphatic carbocycles. The molecule has 0 spiro atoms. The number of hydrogen-bond donors (Lipinski definition) is 1. The van der Waals surface area contributed by atoms with Gasteiger partial charge in [-0.3, -0.25) is 4.57 Å². The Labute approximate surface area is 110 Å². The molecule has 5 heteroatoms. The number of para-hydroxylation sites is 2. The van der Waals surface area contributed by atoms with Crippen LogP contribution >= 0.6 is 0 Å². The number of H-pyrrole nitrogens is 1. The standard InChI is InChI=1S/C14H16N4O/c1-11-15-7-10-17(11)8-4-9-18-13-6-3-2-5-12(13)16-14(18)19/h2-3,5-7,10H,4,8-9H2,1H3,(H,16,19). The number of benzene rings is 1. The molecule has 0 fully saturated rings. The first-order chi connectivity index (χ1) is 9.25. The Hall–Kier alpha value is -2.30. The van der Waals surface area contributed by atoms with Crippen molar-refractivity contribution in [3.63, 3.8) is 0 Å². The molecule has 3 rings (SSSR count). The maximum Gasteiger partial charge on any atom is 0.326 e. The van der Waals surface area contributed by atoms with E-state index in [4.69, 9.17) is 0 Å². The van der Waals surface area contributed by atoms with E-state index in [1.54, 1.807) is 10.8 Å². The van der Waals surface area contributed by atoms with Gasteiger partial charge in [-0.1, -0.05) is 12.1 Å². The quantitative estimate of drug-likeness (QED) is 0.775. The van der Waals surface area contributed by atoms with Crippen LogP contribution in [0, 0.1) is 6.92 Å². The van der Waals surface area contributed by atoms with Gasteiger partial charge in [0, 0.05) is 25.5 Å². The van der Waals surface area contributed by atoms with Crippen LogP contribution in [-0.2, 0) is 13.1 Å². The van der Waals surface area contributed by atoms with Crippen molar-refractivity contribution in [3.05, 3.63) is 53.0 Å². The Balaban J connectivity index is 1.77. The van der Waals surface area contributed by atoms with Gasteiger partial charge in [-0.2, -0.15) is 0 Å². The highest BCUT2D eigenvalue weighted by molar-refractivity contribution is 5.74. The predicted molar refractivity (Wildman–Crippen MR) is 74.1 cm³/mol. The summed E-state index contributed by atoms with van der Waals surface area (Å²) in [7, 11) is 0. The van der Waals surface area contributed by atoms with E-state index in [0.717, 1.165) is 29.8 Å². The third kappa shape index (κ3) is 2.19. The van der Waals surface area contributed by atoms with Crippen LogP contribution in [-0.4, -0.2) is 19.1 Å². The van der Waals surface area contributed by atoms with E-state index in [0.29, 0.717) is 6.54 Å². The molecule has 0 saturated heterocycles. The predicted octanol–water partition coefficient (Wildman–Crippen LogP) is 1.92. The zero-order valence-electron chi connectivity index (χ0n) is 10.8. The molecule has 0 bridgehead atoms. The topological polar surface area (TPSA) is 55.6 Å². The third-order valence-electron chi connectivity index (χ3n) is 3.39. The summed E-state index contributed by atoms with van der Waals surface area (Å²) < 4.78 is 3.89. The summed E-state index contributed by atoms with van der Waals surface area (Å²) in [4.78, 5) is 18.9. The second kappa shape index (κ2) is 4.76. The SMILES string of the molecule is Cc1nccn1CCCn1c(=O)[nH]c2ccccc21. The molecule has 19 heavy (non-hydrogen) atoms. The fourth-order valence-corrected chi connectivity index (χ4v) is 2.37. The van der Waals surface area contributed by atoms with Gasteiger partial charge in [0.15, 0.2) is 0 Å². The summed E-state index contributed by atoms with van der Waals surface area (Å²) in [6, 6.07) is 7.77. The second-order valence-corrected chi connectivity index (χ2v) is 4.62. The van der Waals surface area contributed by atoms with Gasteiger partial charge in [0.1, 0.15) is 5.82 Å². The van der Waals surface area contributed by atoms with Crippen LogP contribution in [0.4, 0.5) is 0 Å². The summed E-state index contributed by atoms with van der Waals surface area (Å²) in [5.74, 6) is 1.01. The Morgan fingerprint density at radius 1 is 1.26 bits per heavy atom. The number of fused-ring (bicyclic) bond motifs is 1. The molecule has 1 aromatic carbocycles. The van der Waals surface area contributed by atoms with E-state index in [1.165, 1.54) is 0 Å². The number of aryl methyl sites for hydroxylation is 3. The van der Waals surface area contributed by atoms with Crippen molar-refractivity contribution in [2.75, 3.05) is 0 Å². The molecule has 0 aliphatic heterocycles. The van der Waals surface area contributed by atoms with Crippen molar-refractivity contribution < 1.29 is 0 Å². The highest BCUT2D eigenvalue weighted by atomic mass is 16.1. The summed E-state index contributed by atoms with van der Waals surface area (Å²) in [6.45, 7) is 3.57. The van der Waals surface area contributed by atoms with Gasteiger partial charge in [-0.25, -0.2) is 9.78 Å². The van der Waals surface area contributed by atoms with E-state index < -0.39 is 0 Å². The number of imidazole rings is 2. The first kappa shape index (κ1) is 11.8.